The summed E-state index contributed by atoms with van der Waals surface area (Å²) in [5.74, 6) is 1.76. The Hall–Kier alpha value is -4.35. The maximum absolute atomic E-state index is 13.5. The highest BCUT2D eigenvalue weighted by atomic mass is 32.1. The number of nitrogens with zero attached hydrogens (tertiary/aromatic N) is 8. The van der Waals surface area contributed by atoms with Crippen LogP contribution in [0.1, 0.15) is 30.2 Å². The van der Waals surface area contributed by atoms with E-state index in [-0.39, 0.29) is 17.8 Å². The maximum atomic E-state index is 13.5. The number of amides is 1. The van der Waals surface area contributed by atoms with E-state index in [1.54, 1.807) is 12.1 Å². The number of halogens is 1. The molecule has 0 aliphatic carbocycles. The minimum atomic E-state index is -0.263. The van der Waals surface area contributed by atoms with Crippen molar-refractivity contribution in [3.05, 3.63) is 88.7 Å². The normalized spacial score (nSPS) is 17.5. The number of rotatable bonds is 8. The number of fused-ring (bicyclic) bond motifs is 1. The van der Waals surface area contributed by atoms with Gasteiger partial charge in [-0.3, -0.25) is 9.69 Å². The van der Waals surface area contributed by atoms with Gasteiger partial charge in [-0.15, -0.1) is 16.4 Å². The van der Waals surface area contributed by atoms with Crippen LogP contribution < -0.4 is 9.80 Å². The van der Waals surface area contributed by atoms with Crippen LogP contribution in [0.15, 0.2) is 66.0 Å². The van der Waals surface area contributed by atoms with Crippen LogP contribution in [0.2, 0.25) is 0 Å². The molecule has 2 aliphatic rings. The number of carbonyl (C=O) groups excluding carboxylic acids is 1. The number of hydrogen-bond donors (Lipinski definition) is 0. The Morgan fingerprint density at radius 1 is 0.956 bits per heavy atom. The summed E-state index contributed by atoms with van der Waals surface area (Å²) < 4.78 is 15.4. The molecule has 5 aromatic rings. The van der Waals surface area contributed by atoms with Crippen LogP contribution in [0.4, 0.5) is 21.2 Å². The predicted molar refractivity (Wildman–Crippen MR) is 177 cm³/mol. The van der Waals surface area contributed by atoms with Gasteiger partial charge in [-0.2, -0.15) is 4.52 Å². The molecule has 3 aromatic heterocycles. The Morgan fingerprint density at radius 2 is 1.71 bits per heavy atom. The molecular formula is C34H37FN8OS. The summed E-state index contributed by atoms with van der Waals surface area (Å²) >= 11 is 1.53. The van der Waals surface area contributed by atoms with Crippen LogP contribution in [0.3, 0.4) is 0 Å². The average molecular weight is 625 g/mol. The lowest BCUT2D eigenvalue weighted by molar-refractivity contribution is -0.132. The summed E-state index contributed by atoms with van der Waals surface area (Å²) in [4.78, 5) is 31.8. The van der Waals surface area contributed by atoms with E-state index < -0.39 is 0 Å². The third-order valence-corrected chi connectivity index (χ3v) is 9.84. The van der Waals surface area contributed by atoms with Crippen molar-refractivity contribution in [1.82, 2.24) is 29.4 Å². The molecular weight excluding hydrogens is 587 g/mol. The van der Waals surface area contributed by atoms with Crippen LogP contribution in [0.5, 0.6) is 0 Å². The molecule has 1 unspecified atom stereocenters. The van der Waals surface area contributed by atoms with E-state index in [0.717, 1.165) is 84.9 Å². The van der Waals surface area contributed by atoms with E-state index in [9.17, 15) is 9.18 Å². The first kappa shape index (κ1) is 29.4. The van der Waals surface area contributed by atoms with Crippen molar-refractivity contribution in [2.24, 2.45) is 0 Å². The summed E-state index contributed by atoms with van der Waals surface area (Å²) in [5, 5.41) is 7.87. The zero-order valence-corrected chi connectivity index (χ0v) is 26.7. The van der Waals surface area contributed by atoms with Gasteiger partial charge < -0.3 is 14.7 Å². The van der Waals surface area contributed by atoms with Crippen molar-refractivity contribution >= 4 is 39.7 Å². The maximum Gasteiger partial charge on any atom is 0.240 e. The molecule has 1 amide bonds. The molecule has 11 heteroatoms. The molecule has 0 radical (unpaired) electrons. The SMILES string of the molecule is CCc1nc2ccc(N3CCN(C4CCN(Cc5ccc(C)cc5)C4=O)CC3)nn2c1N(C)c1nc(-c2ccc(F)cc2)cs1. The van der Waals surface area contributed by atoms with Crippen LogP contribution in [0, 0.1) is 12.7 Å². The van der Waals surface area contributed by atoms with Gasteiger partial charge in [0.1, 0.15) is 11.6 Å². The van der Waals surface area contributed by atoms with E-state index in [1.807, 2.05) is 38.9 Å². The van der Waals surface area contributed by atoms with Crippen molar-refractivity contribution in [3.8, 4) is 11.3 Å². The Kier molecular flexibility index (Phi) is 7.97. The second kappa shape index (κ2) is 12.2. The lowest BCUT2D eigenvalue weighted by Gasteiger charge is -2.37. The number of aryl methyl sites for hydroxylation is 2. The molecule has 0 spiro atoms. The number of thiazole rings is 1. The monoisotopic (exact) mass is 624 g/mol. The zero-order valence-electron chi connectivity index (χ0n) is 25.9. The fourth-order valence-corrected chi connectivity index (χ4v) is 7.16. The largest absolute Gasteiger partial charge is 0.353 e. The number of carbonyl (C=O) groups is 1. The van der Waals surface area contributed by atoms with Crippen LogP contribution >= 0.6 is 11.3 Å². The minimum Gasteiger partial charge on any atom is -0.353 e. The molecule has 232 valence electrons. The van der Waals surface area contributed by atoms with Gasteiger partial charge in [-0.25, -0.2) is 14.4 Å². The van der Waals surface area contributed by atoms with Crippen LogP contribution in [-0.4, -0.2) is 81.1 Å². The molecule has 2 fully saturated rings. The van der Waals surface area contributed by atoms with Crippen molar-refractivity contribution in [3.63, 3.8) is 0 Å². The second-order valence-electron chi connectivity index (χ2n) is 11.9. The minimum absolute atomic E-state index is 0.0489. The molecule has 2 aliphatic heterocycles. The van der Waals surface area contributed by atoms with Gasteiger partial charge in [-0.1, -0.05) is 36.8 Å². The van der Waals surface area contributed by atoms with Gasteiger partial charge in [0.05, 0.1) is 17.4 Å². The highest BCUT2D eigenvalue weighted by Crippen LogP contribution is 2.34. The van der Waals surface area contributed by atoms with Crippen molar-refractivity contribution < 1.29 is 9.18 Å². The molecule has 5 heterocycles. The van der Waals surface area contributed by atoms with Gasteiger partial charge in [0, 0.05) is 57.3 Å². The van der Waals surface area contributed by atoms with E-state index in [1.165, 1.54) is 34.6 Å². The van der Waals surface area contributed by atoms with Gasteiger partial charge >= 0.3 is 0 Å². The Labute approximate surface area is 266 Å². The third kappa shape index (κ3) is 5.78. The summed E-state index contributed by atoms with van der Waals surface area (Å²) in [7, 11) is 1.99. The zero-order chi connectivity index (χ0) is 31.1. The highest BCUT2D eigenvalue weighted by molar-refractivity contribution is 7.14. The van der Waals surface area contributed by atoms with E-state index in [4.69, 9.17) is 15.1 Å². The average Bonchev–Trinajstić information content (AvgIpc) is 3.79. The topological polar surface area (TPSA) is 73.1 Å². The summed E-state index contributed by atoms with van der Waals surface area (Å²) in [6.07, 6.45) is 1.63. The molecule has 0 saturated carbocycles. The number of imidazole rings is 1. The second-order valence-corrected chi connectivity index (χ2v) is 12.7. The Bertz CT molecular complexity index is 1810. The standard InChI is InChI=1S/C34H37FN8OS/c1-4-27-32(39(3)34-37-28(22-45-34)25-9-11-26(35)12-10-25)43-30(36-27)13-14-31(38-43)41-19-17-40(18-20-41)29-15-16-42(33(29)44)21-24-7-5-23(2)6-8-24/h5-14,22,29H,4,15-21H2,1-3H3. The molecule has 2 saturated heterocycles. The number of aromatic nitrogens is 4. The van der Waals surface area contributed by atoms with Gasteiger partial charge in [-0.05, 0) is 61.7 Å². The first-order chi connectivity index (χ1) is 21.9. The van der Waals surface area contributed by atoms with E-state index in [0.29, 0.717) is 6.54 Å². The number of hydrogen-bond acceptors (Lipinski definition) is 8. The number of likely N-dealkylation sites (tertiary alicyclic amines) is 1. The molecule has 0 bridgehead atoms. The molecule has 0 N–H and O–H groups in total. The first-order valence-corrected chi connectivity index (χ1v) is 16.4. The fourth-order valence-electron chi connectivity index (χ4n) is 6.36. The third-order valence-electron chi connectivity index (χ3n) is 8.92. The molecule has 2 aromatic carbocycles. The number of benzene rings is 2. The van der Waals surface area contributed by atoms with Crippen molar-refractivity contribution in [2.45, 2.75) is 39.3 Å². The summed E-state index contributed by atoms with van der Waals surface area (Å²) in [6.45, 7) is 8.89. The Morgan fingerprint density at radius 3 is 2.44 bits per heavy atom. The van der Waals surface area contributed by atoms with Gasteiger partial charge in [0.2, 0.25) is 5.91 Å². The lowest BCUT2D eigenvalue weighted by atomic mass is 10.1. The van der Waals surface area contributed by atoms with Crippen LogP contribution in [-0.2, 0) is 17.8 Å². The molecule has 7 rings (SSSR count). The number of piperazine rings is 1. The van der Waals surface area contributed by atoms with Gasteiger partial charge in [0.15, 0.2) is 16.6 Å². The number of anilines is 3. The lowest BCUT2D eigenvalue weighted by Crippen LogP contribution is -2.52. The highest BCUT2D eigenvalue weighted by Gasteiger charge is 2.37. The smallest absolute Gasteiger partial charge is 0.240 e. The summed E-state index contributed by atoms with van der Waals surface area (Å²) in [5.41, 5.74) is 5.82. The van der Waals surface area contributed by atoms with E-state index in [2.05, 4.69) is 47.9 Å². The van der Waals surface area contributed by atoms with Gasteiger partial charge in [0.25, 0.3) is 0 Å². The fraction of sp³-hybridized carbons (Fsp3) is 0.353. The van der Waals surface area contributed by atoms with Crippen LogP contribution in [0.25, 0.3) is 16.9 Å². The molecule has 9 nitrogen and oxygen atoms in total. The summed E-state index contributed by atoms with van der Waals surface area (Å²) in [6, 6.07) is 18.9. The first-order valence-electron chi connectivity index (χ1n) is 15.5. The predicted octanol–water partition coefficient (Wildman–Crippen LogP) is 5.55. The van der Waals surface area contributed by atoms with Crippen molar-refractivity contribution in [1.29, 1.82) is 0 Å². The Balaban J connectivity index is 1.05. The van der Waals surface area contributed by atoms with Crippen molar-refractivity contribution in [2.75, 3.05) is 49.6 Å². The van der Waals surface area contributed by atoms with E-state index >= 15 is 0 Å². The molecule has 45 heavy (non-hydrogen) atoms. The quantitative estimate of drug-likeness (QED) is 0.224. The molecule has 1 atom stereocenters.